The Hall–Kier alpha value is -3.09. The predicted molar refractivity (Wildman–Crippen MR) is 105 cm³/mol. The van der Waals surface area contributed by atoms with E-state index in [1.807, 2.05) is 42.5 Å². The average molecular weight is 349 g/mol. The van der Waals surface area contributed by atoms with E-state index in [4.69, 9.17) is 17.3 Å². The molecule has 3 aromatic rings. The van der Waals surface area contributed by atoms with Gasteiger partial charge in [-0.25, -0.2) is 10.8 Å². The van der Waals surface area contributed by atoms with Crippen molar-refractivity contribution in [3.05, 3.63) is 82.9 Å². The third-order valence-corrected chi connectivity index (χ3v) is 4.47. The summed E-state index contributed by atoms with van der Waals surface area (Å²) in [5.41, 5.74) is 19.3. The van der Waals surface area contributed by atoms with Gasteiger partial charge < -0.3 is 22.0 Å². The second-order valence-electron chi connectivity index (χ2n) is 6.18. The van der Waals surface area contributed by atoms with E-state index in [-0.39, 0.29) is 12.5 Å². The molecule has 0 amide bonds. The number of pyridine rings is 1. The SMILES string of the molecule is NNc1nc(N)cc(C(Cc2ccc(CO)cc2)c2ccccc2)c1N. The number of aliphatic hydroxyl groups is 1. The topological polar surface area (TPSA) is 123 Å². The van der Waals surface area contributed by atoms with E-state index in [1.54, 1.807) is 6.07 Å². The summed E-state index contributed by atoms with van der Waals surface area (Å²) < 4.78 is 0. The molecule has 134 valence electrons. The van der Waals surface area contributed by atoms with Crippen molar-refractivity contribution in [1.82, 2.24) is 4.98 Å². The maximum atomic E-state index is 9.23. The van der Waals surface area contributed by atoms with Crippen molar-refractivity contribution in [3.63, 3.8) is 0 Å². The molecule has 1 aromatic heterocycles. The maximum Gasteiger partial charge on any atom is 0.165 e. The van der Waals surface area contributed by atoms with Crippen LogP contribution in [-0.4, -0.2) is 10.1 Å². The molecule has 1 unspecified atom stereocenters. The van der Waals surface area contributed by atoms with E-state index in [1.165, 1.54) is 0 Å². The van der Waals surface area contributed by atoms with Gasteiger partial charge in [0.05, 0.1) is 12.3 Å². The largest absolute Gasteiger partial charge is 0.395 e. The third-order valence-electron chi connectivity index (χ3n) is 4.47. The van der Waals surface area contributed by atoms with Crippen LogP contribution in [-0.2, 0) is 13.0 Å². The monoisotopic (exact) mass is 349 g/mol. The van der Waals surface area contributed by atoms with Crippen LogP contribution >= 0.6 is 0 Å². The Morgan fingerprint density at radius 1 is 0.962 bits per heavy atom. The number of nitrogens with one attached hydrogen (secondary N) is 1. The number of hydrogen-bond donors (Lipinski definition) is 5. The second kappa shape index (κ2) is 7.86. The summed E-state index contributed by atoms with van der Waals surface area (Å²) >= 11 is 0. The molecule has 0 bridgehead atoms. The van der Waals surface area contributed by atoms with Gasteiger partial charge in [-0.3, -0.25) is 0 Å². The number of aromatic nitrogens is 1. The zero-order chi connectivity index (χ0) is 18.5. The van der Waals surface area contributed by atoms with Crippen LogP contribution in [0.5, 0.6) is 0 Å². The highest BCUT2D eigenvalue weighted by molar-refractivity contribution is 5.70. The number of nitrogens with two attached hydrogens (primary N) is 3. The highest BCUT2D eigenvalue weighted by atomic mass is 16.3. The Morgan fingerprint density at radius 2 is 1.62 bits per heavy atom. The second-order valence-corrected chi connectivity index (χ2v) is 6.18. The minimum Gasteiger partial charge on any atom is -0.395 e. The van der Waals surface area contributed by atoms with Gasteiger partial charge in [0, 0.05) is 5.92 Å². The summed E-state index contributed by atoms with van der Waals surface area (Å²) in [5, 5.41) is 9.23. The van der Waals surface area contributed by atoms with Crippen molar-refractivity contribution in [2.45, 2.75) is 18.9 Å². The first kappa shape index (κ1) is 17.7. The molecular formula is C20H23N5O. The van der Waals surface area contributed by atoms with Crippen molar-refractivity contribution in [2.24, 2.45) is 5.84 Å². The molecule has 0 aliphatic heterocycles. The summed E-state index contributed by atoms with van der Waals surface area (Å²) in [4.78, 5) is 4.15. The summed E-state index contributed by atoms with van der Waals surface area (Å²) in [6.45, 7) is 0.0295. The van der Waals surface area contributed by atoms with Gasteiger partial charge in [0.2, 0.25) is 0 Å². The lowest BCUT2D eigenvalue weighted by molar-refractivity contribution is 0.282. The molecule has 0 aliphatic rings. The Labute approximate surface area is 152 Å². The first-order chi connectivity index (χ1) is 12.6. The van der Waals surface area contributed by atoms with E-state index < -0.39 is 0 Å². The van der Waals surface area contributed by atoms with Gasteiger partial charge in [-0.15, -0.1) is 0 Å². The molecule has 1 heterocycles. The van der Waals surface area contributed by atoms with Gasteiger partial charge in [-0.05, 0) is 34.7 Å². The van der Waals surface area contributed by atoms with Crippen molar-refractivity contribution < 1.29 is 5.11 Å². The first-order valence-corrected chi connectivity index (χ1v) is 8.38. The molecule has 2 aromatic carbocycles. The van der Waals surface area contributed by atoms with Crippen LogP contribution in [0.4, 0.5) is 17.3 Å². The van der Waals surface area contributed by atoms with E-state index in [0.29, 0.717) is 17.3 Å². The molecule has 3 rings (SSSR count). The fourth-order valence-electron chi connectivity index (χ4n) is 3.10. The lowest BCUT2D eigenvalue weighted by atomic mass is 9.85. The van der Waals surface area contributed by atoms with Crippen molar-refractivity contribution >= 4 is 17.3 Å². The van der Waals surface area contributed by atoms with Gasteiger partial charge in [-0.2, -0.15) is 0 Å². The standard InChI is InChI=1S/C20H23N5O/c21-18-11-17(19(22)20(24-18)25-23)16(15-4-2-1-3-5-15)10-13-6-8-14(12-26)9-7-13/h1-9,11,16,26H,10,12,22-23H2,(H3,21,24,25). The number of benzene rings is 2. The molecule has 26 heavy (non-hydrogen) atoms. The van der Waals surface area contributed by atoms with Gasteiger partial charge in [0.25, 0.3) is 0 Å². The number of nitrogen functional groups attached to an aromatic ring is 3. The molecule has 0 aliphatic carbocycles. The molecule has 0 fully saturated rings. The predicted octanol–water partition coefficient (Wildman–Crippen LogP) is 2.40. The van der Waals surface area contributed by atoms with Crippen LogP contribution in [0.3, 0.4) is 0 Å². The third kappa shape index (κ3) is 3.77. The summed E-state index contributed by atoms with van der Waals surface area (Å²) in [6.07, 6.45) is 0.730. The number of aliphatic hydroxyl groups excluding tert-OH is 1. The minimum atomic E-state index is -0.00595. The highest BCUT2D eigenvalue weighted by Gasteiger charge is 2.20. The number of hydrazine groups is 1. The summed E-state index contributed by atoms with van der Waals surface area (Å²) in [6, 6.07) is 19.8. The molecular weight excluding hydrogens is 326 g/mol. The minimum absolute atomic E-state index is 0.00595. The van der Waals surface area contributed by atoms with Crippen molar-refractivity contribution in [3.8, 4) is 0 Å². The zero-order valence-corrected chi connectivity index (χ0v) is 14.4. The lowest BCUT2D eigenvalue weighted by Crippen LogP contribution is -2.16. The lowest BCUT2D eigenvalue weighted by Gasteiger charge is -2.22. The molecule has 6 nitrogen and oxygen atoms in total. The summed E-state index contributed by atoms with van der Waals surface area (Å²) in [5.74, 6) is 6.27. The van der Waals surface area contributed by atoms with Gasteiger partial charge in [0.15, 0.2) is 5.82 Å². The van der Waals surface area contributed by atoms with Crippen LogP contribution in [0.1, 0.15) is 28.2 Å². The Bertz CT molecular complexity index is 865. The summed E-state index contributed by atoms with van der Waals surface area (Å²) in [7, 11) is 0. The Balaban J connectivity index is 2.06. The number of anilines is 3. The van der Waals surface area contributed by atoms with E-state index >= 15 is 0 Å². The Kier molecular flexibility index (Phi) is 5.36. The van der Waals surface area contributed by atoms with Crippen molar-refractivity contribution in [2.75, 3.05) is 16.9 Å². The first-order valence-electron chi connectivity index (χ1n) is 8.38. The van der Waals surface area contributed by atoms with Crippen LogP contribution < -0.4 is 22.7 Å². The molecule has 0 spiro atoms. The average Bonchev–Trinajstić information content (AvgIpc) is 2.69. The van der Waals surface area contributed by atoms with Gasteiger partial charge in [0.1, 0.15) is 5.82 Å². The molecule has 0 radical (unpaired) electrons. The smallest absolute Gasteiger partial charge is 0.165 e. The fourth-order valence-corrected chi connectivity index (χ4v) is 3.10. The molecule has 1 atom stereocenters. The van der Waals surface area contributed by atoms with Gasteiger partial charge >= 0.3 is 0 Å². The van der Waals surface area contributed by atoms with Crippen LogP contribution in [0.15, 0.2) is 60.7 Å². The quantitative estimate of drug-likeness (QED) is 0.344. The fraction of sp³-hybridized carbons (Fsp3) is 0.150. The molecule has 6 heteroatoms. The van der Waals surface area contributed by atoms with Crippen LogP contribution in [0, 0.1) is 0 Å². The van der Waals surface area contributed by atoms with E-state index in [2.05, 4.69) is 22.5 Å². The number of nitrogens with zero attached hydrogens (tertiary/aromatic N) is 1. The molecule has 0 saturated heterocycles. The van der Waals surface area contributed by atoms with E-state index in [0.717, 1.165) is 28.7 Å². The van der Waals surface area contributed by atoms with Crippen LogP contribution in [0.25, 0.3) is 0 Å². The zero-order valence-electron chi connectivity index (χ0n) is 14.4. The van der Waals surface area contributed by atoms with Crippen LogP contribution in [0.2, 0.25) is 0 Å². The van der Waals surface area contributed by atoms with Gasteiger partial charge in [-0.1, -0.05) is 54.6 Å². The number of rotatable bonds is 6. The maximum absolute atomic E-state index is 9.23. The molecule has 0 saturated carbocycles. The molecule has 8 N–H and O–H groups in total. The number of hydrogen-bond acceptors (Lipinski definition) is 6. The Morgan fingerprint density at radius 3 is 2.23 bits per heavy atom. The normalized spacial score (nSPS) is 11.9. The highest BCUT2D eigenvalue weighted by Crippen LogP contribution is 2.35. The van der Waals surface area contributed by atoms with Crippen molar-refractivity contribution in [1.29, 1.82) is 0 Å². The van der Waals surface area contributed by atoms with E-state index in [9.17, 15) is 5.11 Å².